The Labute approximate surface area is 92.1 Å². The smallest absolute Gasteiger partial charge is 0.0511 e. The fourth-order valence-electron chi connectivity index (χ4n) is 2.57. The molecule has 15 heavy (non-hydrogen) atoms. The van der Waals surface area contributed by atoms with Gasteiger partial charge in [0.25, 0.3) is 0 Å². The minimum Gasteiger partial charge on any atom is -0.357 e. The molecule has 0 spiro atoms. The fourth-order valence-corrected chi connectivity index (χ4v) is 2.57. The van der Waals surface area contributed by atoms with Crippen LogP contribution in [-0.4, -0.2) is 36.1 Å². The maximum atomic E-state index is 3.59. The topological polar surface area (TPSA) is 20.2 Å². The first kappa shape index (κ1) is 10.7. The van der Waals surface area contributed by atoms with Crippen molar-refractivity contribution < 1.29 is 0 Å². The van der Waals surface area contributed by atoms with Crippen LogP contribution in [-0.2, 0) is 7.05 Å². The summed E-state index contributed by atoms with van der Waals surface area (Å²) in [6.45, 7) is 1.17. The van der Waals surface area contributed by atoms with E-state index in [-0.39, 0.29) is 0 Å². The van der Waals surface area contributed by atoms with Gasteiger partial charge in [-0.15, -0.1) is 0 Å². The van der Waals surface area contributed by atoms with E-state index in [2.05, 4.69) is 54.4 Å². The molecular weight excluding hydrogens is 186 g/mol. The first-order chi connectivity index (χ1) is 7.18. The van der Waals surface area contributed by atoms with Crippen molar-refractivity contribution in [2.45, 2.75) is 24.9 Å². The maximum absolute atomic E-state index is 3.59. The van der Waals surface area contributed by atoms with E-state index >= 15 is 0 Å². The van der Waals surface area contributed by atoms with Crippen LogP contribution < -0.4 is 5.32 Å². The number of aromatic nitrogens is 1. The average molecular weight is 207 g/mol. The number of rotatable bonds is 3. The lowest BCUT2D eigenvalue weighted by molar-refractivity contribution is 0.244. The lowest BCUT2D eigenvalue weighted by Crippen LogP contribution is -2.37. The van der Waals surface area contributed by atoms with Crippen LogP contribution in [0.5, 0.6) is 0 Å². The third kappa shape index (κ3) is 2.24. The Morgan fingerprint density at radius 3 is 2.80 bits per heavy atom. The van der Waals surface area contributed by atoms with E-state index in [1.165, 1.54) is 24.9 Å². The van der Waals surface area contributed by atoms with E-state index in [1.54, 1.807) is 0 Å². The number of hydrogen-bond acceptors (Lipinski definition) is 2. The van der Waals surface area contributed by atoms with Gasteiger partial charge in [0.1, 0.15) is 0 Å². The van der Waals surface area contributed by atoms with Crippen molar-refractivity contribution in [1.82, 2.24) is 14.8 Å². The van der Waals surface area contributed by atoms with Gasteiger partial charge in [0.05, 0.1) is 6.04 Å². The second-order valence-electron chi connectivity index (χ2n) is 4.72. The molecule has 0 bridgehead atoms. The van der Waals surface area contributed by atoms with Gasteiger partial charge in [0.2, 0.25) is 0 Å². The molecule has 2 unspecified atom stereocenters. The highest BCUT2D eigenvalue weighted by Gasteiger charge is 2.27. The third-order valence-corrected chi connectivity index (χ3v) is 3.23. The average Bonchev–Trinajstić information content (AvgIpc) is 2.77. The van der Waals surface area contributed by atoms with Gasteiger partial charge in [0.15, 0.2) is 0 Å². The van der Waals surface area contributed by atoms with Crippen LogP contribution in [0.25, 0.3) is 0 Å². The highest BCUT2D eigenvalue weighted by Crippen LogP contribution is 2.27. The summed E-state index contributed by atoms with van der Waals surface area (Å²) >= 11 is 0. The Hall–Kier alpha value is -0.800. The molecule has 2 atom stereocenters. The van der Waals surface area contributed by atoms with Crippen LogP contribution in [0.2, 0.25) is 0 Å². The lowest BCUT2D eigenvalue weighted by Gasteiger charge is -2.29. The Morgan fingerprint density at radius 1 is 1.53 bits per heavy atom. The van der Waals surface area contributed by atoms with Gasteiger partial charge in [-0.2, -0.15) is 0 Å². The molecular formula is C12H21N3. The normalized spacial score (nSPS) is 23.6. The van der Waals surface area contributed by atoms with Crippen molar-refractivity contribution in [3.63, 3.8) is 0 Å². The number of likely N-dealkylation sites (N-methyl/N-ethyl adjacent to an activating group) is 1. The fraction of sp³-hybridized carbons (Fsp3) is 0.667. The quantitative estimate of drug-likeness (QED) is 0.808. The molecule has 3 nitrogen and oxygen atoms in total. The zero-order valence-corrected chi connectivity index (χ0v) is 9.90. The minimum absolute atomic E-state index is 0.508. The predicted octanol–water partition coefficient (Wildman–Crippen LogP) is 1.38. The molecule has 0 aliphatic carbocycles. The summed E-state index contributed by atoms with van der Waals surface area (Å²) in [6, 6.07) is 3.35. The van der Waals surface area contributed by atoms with Crippen LogP contribution in [0.15, 0.2) is 18.5 Å². The second kappa shape index (κ2) is 4.37. The molecule has 0 aromatic carbocycles. The van der Waals surface area contributed by atoms with Crippen LogP contribution in [0.4, 0.5) is 0 Å². The molecule has 0 amide bonds. The van der Waals surface area contributed by atoms with Gasteiger partial charge < -0.3 is 14.8 Å². The summed E-state index contributed by atoms with van der Waals surface area (Å²) in [5.41, 5.74) is 1.42. The summed E-state index contributed by atoms with van der Waals surface area (Å²) in [7, 11) is 6.41. The van der Waals surface area contributed by atoms with Crippen molar-refractivity contribution >= 4 is 0 Å². The summed E-state index contributed by atoms with van der Waals surface area (Å²) in [4.78, 5) is 2.32. The van der Waals surface area contributed by atoms with Crippen molar-refractivity contribution in [3.05, 3.63) is 24.0 Å². The van der Waals surface area contributed by atoms with Crippen LogP contribution in [0, 0.1) is 0 Å². The predicted molar refractivity (Wildman–Crippen MR) is 62.9 cm³/mol. The van der Waals surface area contributed by atoms with E-state index in [4.69, 9.17) is 0 Å². The number of nitrogens with one attached hydrogen (secondary N) is 1. The van der Waals surface area contributed by atoms with Gasteiger partial charge >= 0.3 is 0 Å². The zero-order chi connectivity index (χ0) is 10.8. The third-order valence-electron chi connectivity index (χ3n) is 3.23. The molecule has 0 saturated carbocycles. The molecule has 1 fully saturated rings. The molecule has 84 valence electrons. The summed E-state index contributed by atoms with van der Waals surface area (Å²) < 4.78 is 2.13. The van der Waals surface area contributed by atoms with Crippen LogP contribution in [0.1, 0.15) is 24.4 Å². The Bertz CT molecular complexity index is 310. The van der Waals surface area contributed by atoms with Gasteiger partial charge in [-0.3, -0.25) is 0 Å². The summed E-state index contributed by atoms with van der Waals surface area (Å²) in [5.74, 6) is 0. The second-order valence-corrected chi connectivity index (χ2v) is 4.72. The zero-order valence-electron chi connectivity index (χ0n) is 9.90. The number of aryl methyl sites for hydroxylation is 1. The minimum atomic E-state index is 0.508. The van der Waals surface area contributed by atoms with E-state index in [0.29, 0.717) is 12.1 Å². The Morgan fingerprint density at radius 2 is 2.33 bits per heavy atom. The van der Waals surface area contributed by atoms with Gasteiger partial charge in [-0.1, -0.05) is 0 Å². The van der Waals surface area contributed by atoms with Gasteiger partial charge in [0, 0.05) is 25.5 Å². The standard InChI is InChI=1S/C12H21N3/c1-14(2)12(11-5-4-7-13-11)10-6-8-15(3)9-10/h6,8-9,11-13H,4-5,7H2,1-3H3. The Kier molecular flexibility index (Phi) is 3.12. The van der Waals surface area contributed by atoms with E-state index in [0.717, 1.165) is 0 Å². The van der Waals surface area contributed by atoms with E-state index in [1.807, 2.05) is 0 Å². The highest BCUT2D eigenvalue weighted by molar-refractivity contribution is 5.18. The van der Waals surface area contributed by atoms with Gasteiger partial charge in [-0.05, 0) is 45.1 Å². The SMILES string of the molecule is CN(C)C(c1ccn(C)c1)C1CCCN1. The number of nitrogens with zero attached hydrogens (tertiary/aromatic N) is 2. The monoisotopic (exact) mass is 207 g/mol. The van der Waals surface area contributed by atoms with E-state index in [9.17, 15) is 0 Å². The largest absolute Gasteiger partial charge is 0.357 e. The van der Waals surface area contributed by atoms with Crippen molar-refractivity contribution in [1.29, 1.82) is 0 Å². The molecule has 1 aliphatic heterocycles. The van der Waals surface area contributed by atoms with Crippen molar-refractivity contribution in [3.8, 4) is 0 Å². The molecule has 2 heterocycles. The highest BCUT2D eigenvalue weighted by atomic mass is 15.1. The van der Waals surface area contributed by atoms with Crippen LogP contribution in [0.3, 0.4) is 0 Å². The molecule has 1 saturated heterocycles. The molecule has 1 N–H and O–H groups in total. The first-order valence-corrected chi connectivity index (χ1v) is 5.70. The van der Waals surface area contributed by atoms with E-state index < -0.39 is 0 Å². The molecule has 1 aromatic heterocycles. The van der Waals surface area contributed by atoms with Crippen molar-refractivity contribution in [2.75, 3.05) is 20.6 Å². The lowest BCUT2D eigenvalue weighted by atomic mass is 10.00. The molecule has 0 radical (unpaired) electrons. The summed E-state index contributed by atoms with van der Waals surface area (Å²) in [6.07, 6.45) is 6.95. The molecule has 1 aliphatic rings. The van der Waals surface area contributed by atoms with Gasteiger partial charge in [-0.25, -0.2) is 0 Å². The molecule has 2 rings (SSSR count). The first-order valence-electron chi connectivity index (χ1n) is 5.70. The van der Waals surface area contributed by atoms with Crippen LogP contribution >= 0.6 is 0 Å². The molecule has 3 heteroatoms. The molecule has 1 aromatic rings. The van der Waals surface area contributed by atoms with Crippen molar-refractivity contribution in [2.24, 2.45) is 7.05 Å². The maximum Gasteiger partial charge on any atom is 0.0511 e. The number of hydrogen-bond donors (Lipinski definition) is 1. The Balaban J connectivity index is 2.18. The summed E-state index contributed by atoms with van der Waals surface area (Å²) in [5, 5.41) is 3.59.